The molecule has 0 spiro atoms. The molecule has 0 heterocycles. The summed E-state index contributed by atoms with van der Waals surface area (Å²) in [6.07, 6.45) is 0.364. The van der Waals surface area contributed by atoms with Gasteiger partial charge in [-0.3, -0.25) is 4.79 Å². The van der Waals surface area contributed by atoms with E-state index in [9.17, 15) is 9.18 Å². The first-order chi connectivity index (χ1) is 10.0. The van der Waals surface area contributed by atoms with Crippen molar-refractivity contribution in [1.82, 2.24) is 0 Å². The molecular weight excluding hydrogens is 309 g/mol. The lowest BCUT2D eigenvalue weighted by atomic mass is 10.2. The van der Waals surface area contributed by atoms with Crippen molar-refractivity contribution < 1.29 is 9.18 Å². The minimum absolute atomic E-state index is 0.120. The maximum atomic E-state index is 13.1. The van der Waals surface area contributed by atoms with Crippen molar-refractivity contribution in [2.24, 2.45) is 0 Å². The van der Waals surface area contributed by atoms with Gasteiger partial charge in [0, 0.05) is 27.8 Å². The Balaban J connectivity index is 1.82. The van der Waals surface area contributed by atoms with Crippen LogP contribution in [0.2, 0.25) is 5.02 Å². The summed E-state index contributed by atoms with van der Waals surface area (Å²) in [5.41, 5.74) is 1.37. The Morgan fingerprint density at radius 2 is 1.95 bits per heavy atom. The molecule has 2 rings (SSSR count). The summed E-state index contributed by atoms with van der Waals surface area (Å²) < 4.78 is 13.1. The van der Waals surface area contributed by atoms with Crippen LogP contribution in [0.3, 0.4) is 0 Å². The molecule has 1 N–H and O–H groups in total. The third-order valence-corrected chi connectivity index (χ3v) is 4.15. The molecule has 0 aliphatic heterocycles. The van der Waals surface area contributed by atoms with Crippen LogP contribution in [0.15, 0.2) is 47.4 Å². The first-order valence-electron chi connectivity index (χ1n) is 6.49. The lowest BCUT2D eigenvalue weighted by Gasteiger charge is -2.08. The van der Waals surface area contributed by atoms with Crippen molar-refractivity contribution >= 4 is 35.0 Å². The second kappa shape index (κ2) is 7.48. The fourth-order valence-corrected chi connectivity index (χ4v) is 2.71. The number of nitrogens with one attached hydrogen (secondary N) is 1. The van der Waals surface area contributed by atoms with Crippen molar-refractivity contribution in [3.8, 4) is 0 Å². The van der Waals surface area contributed by atoms with Crippen LogP contribution in [-0.4, -0.2) is 11.7 Å². The van der Waals surface area contributed by atoms with Gasteiger partial charge in [-0.2, -0.15) is 0 Å². The van der Waals surface area contributed by atoms with Gasteiger partial charge in [0.25, 0.3) is 0 Å². The summed E-state index contributed by atoms with van der Waals surface area (Å²) in [5, 5.41) is 3.43. The molecule has 21 heavy (non-hydrogen) atoms. The fraction of sp³-hybridized carbons (Fsp3) is 0.188. The second-order valence-corrected chi connectivity index (χ2v) is 6.16. The van der Waals surface area contributed by atoms with Crippen LogP contribution >= 0.6 is 23.4 Å². The Morgan fingerprint density at radius 1 is 1.24 bits per heavy atom. The van der Waals surface area contributed by atoms with Gasteiger partial charge in [0.15, 0.2) is 0 Å². The summed E-state index contributed by atoms with van der Waals surface area (Å²) in [7, 11) is 0. The number of amides is 1. The zero-order valence-corrected chi connectivity index (χ0v) is 13.1. The van der Waals surface area contributed by atoms with Crippen LogP contribution < -0.4 is 5.32 Å². The first kappa shape index (κ1) is 15.9. The minimum Gasteiger partial charge on any atom is -0.326 e. The summed E-state index contributed by atoms with van der Waals surface area (Å²) in [4.78, 5) is 12.9. The normalized spacial score (nSPS) is 10.4. The van der Waals surface area contributed by atoms with Gasteiger partial charge in [-0.15, -0.1) is 11.8 Å². The Labute approximate surface area is 132 Å². The fourth-order valence-electron chi connectivity index (χ4n) is 1.73. The van der Waals surface area contributed by atoms with E-state index in [0.29, 0.717) is 22.9 Å². The van der Waals surface area contributed by atoms with Crippen molar-refractivity contribution in [1.29, 1.82) is 0 Å². The van der Waals surface area contributed by atoms with Gasteiger partial charge in [0.2, 0.25) is 5.91 Å². The molecule has 5 heteroatoms. The third-order valence-electron chi connectivity index (χ3n) is 2.89. The number of hydrogen-bond acceptors (Lipinski definition) is 2. The number of aryl methyl sites for hydroxylation is 1. The molecule has 0 saturated heterocycles. The molecule has 0 radical (unpaired) electrons. The highest BCUT2D eigenvalue weighted by atomic mass is 35.5. The van der Waals surface area contributed by atoms with Gasteiger partial charge < -0.3 is 5.32 Å². The maximum Gasteiger partial charge on any atom is 0.225 e. The topological polar surface area (TPSA) is 29.1 Å². The van der Waals surface area contributed by atoms with Crippen molar-refractivity contribution in [3.05, 3.63) is 58.9 Å². The standard InChI is InChI=1S/C16H15ClFNOS/c1-11-2-5-13(18)10-15(11)19-16(20)8-9-21-14-6-3-12(17)4-7-14/h2-7,10H,8-9H2,1H3,(H,19,20). The molecule has 0 saturated carbocycles. The van der Waals surface area contributed by atoms with Gasteiger partial charge >= 0.3 is 0 Å². The molecule has 2 aromatic rings. The van der Waals surface area contributed by atoms with Gasteiger partial charge in [-0.1, -0.05) is 17.7 Å². The maximum absolute atomic E-state index is 13.1. The molecule has 2 nitrogen and oxygen atoms in total. The molecule has 1 amide bonds. The van der Waals surface area contributed by atoms with Crippen LogP contribution in [-0.2, 0) is 4.79 Å². The Morgan fingerprint density at radius 3 is 2.67 bits per heavy atom. The van der Waals surface area contributed by atoms with E-state index >= 15 is 0 Å². The summed E-state index contributed by atoms with van der Waals surface area (Å²) in [5.74, 6) is 0.179. The van der Waals surface area contributed by atoms with Gasteiger partial charge in [-0.25, -0.2) is 4.39 Å². The largest absolute Gasteiger partial charge is 0.326 e. The van der Waals surface area contributed by atoms with E-state index in [0.717, 1.165) is 10.5 Å². The van der Waals surface area contributed by atoms with Gasteiger partial charge in [-0.05, 0) is 48.9 Å². The molecule has 0 fully saturated rings. The van der Waals surface area contributed by atoms with E-state index in [4.69, 9.17) is 11.6 Å². The van der Waals surface area contributed by atoms with Crippen LogP contribution in [0.25, 0.3) is 0 Å². The number of carbonyl (C=O) groups excluding carboxylic acids is 1. The molecule has 0 aliphatic rings. The monoisotopic (exact) mass is 323 g/mol. The number of benzene rings is 2. The molecule has 0 aromatic heterocycles. The van der Waals surface area contributed by atoms with Crippen LogP contribution in [0, 0.1) is 12.7 Å². The van der Waals surface area contributed by atoms with Crippen LogP contribution in [0.5, 0.6) is 0 Å². The zero-order chi connectivity index (χ0) is 15.2. The Bertz CT molecular complexity index is 631. The lowest BCUT2D eigenvalue weighted by Crippen LogP contribution is -2.13. The number of rotatable bonds is 5. The number of carbonyl (C=O) groups is 1. The third kappa shape index (κ3) is 5.06. The highest BCUT2D eigenvalue weighted by Gasteiger charge is 2.06. The highest BCUT2D eigenvalue weighted by Crippen LogP contribution is 2.21. The number of halogens is 2. The Hall–Kier alpha value is -1.52. The molecule has 0 bridgehead atoms. The second-order valence-electron chi connectivity index (χ2n) is 4.56. The average Bonchev–Trinajstić information content (AvgIpc) is 2.45. The summed E-state index contributed by atoms with van der Waals surface area (Å²) in [6, 6.07) is 11.8. The predicted octanol–water partition coefficient (Wildman–Crippen LogP) is 4.91. The van der Waals surface area contributed by atoms with Crippen molar-refractivity contribution in [3.63, 3.8) is 0 Å². The van der Waals surface area contributed by atoms with Gasteiger partial charge in [0.1, 0.15) is 5.82 Å². The lowest BCUT2D eigenvalue weighted by molar-refractivity contribution is -0.115. The van der Waals surface area contributed by atoms with E-state index in [2.05, 4.69) is 5.32 Å². The Kier molecular flexibility index (Phi) is 5.65. The number of anilines is 1. The smallest absolute Gasteiger partial charge is 0.225 e. The zero-order valence-electron chi connectivity index (χ0n) is 11.5. The molecule has 2 aromatic carbocycles. The van der Waals surface area contributed by atoms with E-state index in [1.165, 1.54) is 12.1 Å². The molecule has 0 unspecified atom stereocenters. The minimum atomic E-state index is -0.355. The predicted molar refractivity (Wildman–Crippen MR) is 86.6 cm³/mol. The quantitative estimate of drug-likeness (QED) is 0.792. The van der Waals surface area contributed by atoms with E-state index in [-0.39, 0.29) is 11.7 Å². The highest BCUT2D eigenvalue weighted by molar-refractivity contribution is 7.99. The number of thioether (sulfide) groups is 1. The summed E-state index contributed by atoms with van der Waals surface area (Å²) in [6.45, 7) is 1.83. The molecular formula is C16H15ClFNOS. The van der Waals surface area contributed by atoms with Crippen LogP contribution in [0.1, 0.15) is 12.0 Å². The van der Waals surface area contributed by atoms with E-state index in [1.54, 1.807) is 17.8 Å². The van der Waals surface area contributed by atoms with Gasteiger partial charge in [0.05, 0.1) is 0 Å². The van der Waals surface area contributed by atoms with E-state index < -0.39 is 0 Å². The van der Waals surface area contributed by atoms with Crippen molar-refractivity contribution in [2.45, 2.75) is 18.2 Å². The summed E-state index contributed by atoms with van der Waals surface area (Å²) >= 11 is 7.39. The average molecular weight is 324 g/mol. The molecule has 0 atom stereocenters. The van der Waals surface area contributed by atoms with Crippen molar-refractivity contribution in [2.75, 3.05) is 11.1 Å². The van der Waals surface area contributed by atoms with Crippen LogP contribution in [0.4, 0.5) is 10.1 Å². The molecule has 110 valence electrons. The SMILES string of the molecule is Cc1ccc(F)cc1NC(=O)CCSc1ccc(Cl)cc1. The first-order valence-corrected chi connectivity index (χ1v) is 7.85. The number of hydrogen-bond donors (Lipinski definition) is 1. The molecule has 0 aliphatic carbocycles. The van der Waals surface area contributed by atoms with E-state index in [1.807, 2.05) is 31.2 Å².